The number of rotatable bonds is 4. The van der Waals surface area contributed by atoms with Crippen LogP contribution in [0.4, 0.5) is 5.69 Å². The number of fused-ring (bicyclic) bond motifs is 1. The van der Waals surface area contributed by atoms with Crippen LogP contribution in [0.2, 0.25) is 5.02 Å². The number of nitrogens with one attached hydrogen (secondary N) is 1. The first-order valence-electron chi connectivity index (χ1n) is 8.92. The molecule has 1 saturated heterocycles. The largest absolute Gasteiger partial charge is 0.379 e. The highest BCUT2D eigenvalue weighted by atomic mass is 35.5. The van der Waals surface area contributed by atoms with Crippen molar-refractivity contribution in [1.82, 2.24) is 14.5 Å². The van der Waals surface area contributed by atoms with Gasteiger partial charge in [-0.15, -0.1) is 0 Å². The van der Waals surface area contributed by atoms with Crippen molar-refractivity contribution in [2.24, 2.45) is 7.05 Å². The number of nitrogens with zero attached hydrogens (tertiary/aromatic N) is 3. The summed E-state index contributed by atoms with van der Waals surface area (Å²) in [7, 11) is 2.02. The number of anilines is 1. The van der Waals surface area contributed by atoms with Crippen molar-refractivity contribution in [2.45, 2.75) is 6.54 Å². The van der Waals surface area contributed by atoms with Crippen LogP contribution in [-0.2, 0) is 18.3 Å². The molecule has 3 aromatic rings. The van der Waals surface area contributed by atoms with Crippen LogP contribution in [0.5, 0.6) is 0 Å². The van der Waals surface area contributed by atoms with Gasteiger partial charge in [-0.1, -0.05) is 11.6 Å². The highest BCUT2D eigenvalue weighted by Crippen LogP contribution is 2.21. The summed E-state index contributed by atoms with van der Waals surface area (Å²) >= 11 is 5.88. The molecule has 0 bridgehead atoms. The zero-order valence-electron chi connectivity index (χ0n) is 15.1. The fourth-order valence-corrected chi connectivity index (χ4v) is 3.36. The van der Waals surface area contributed by atoms with Crippen molar-refractivity contribution in [3.63, 3.8) is 0 Å². The Bertz CT molecular complexity index is 962. The average molecular weight is 385 g/mol. The molecule has 1 aliphatic rings. The minimum Gasteiger partial charge on any atom is -0.379 e. The van der Waals surface area contributed by atoms with E-state index in [1.807, 2.05) is 25.2 Å². The summed E-state index contributed by atoms with van der Waals surface area (Å²) in [6, 6.07) is 12.6. The standard InChI is InChI=1S/C20H21ClN4O2/c1-24-18-7-6-16(22-20(26)14-2-4-15(21)5-3-14)12-17(18)23-19(24)13-25-8-10-27-11-9-25/h2-7,12H,8-11,13H2,1H3,(H,22,26). The van der Waals surface area contributed by atoms with E-state index >= 15 is 0 Å². The molecule has 1 aliphatic heterocycles. The molecule has 1 amide bonds. The van der Waals surface area contributed by atoms with Crippen LogP contribution in [-0.4, -0.2) is 46.7 Å². The predicted molar refractivity (Wildman–Crippen MR) is 106 cm³/mol. The van der Waals surface area contributed by atoms with E-state index in [1.165, 1.54) is 0 Å². The van der Waals surface area contributed by atoms with Crippen LogP contribution in [0.25, 0.3) is 11.0 Å². The molecule has 0 spiro atoms. The van der Waals surface area contributed by atoms with Gasteiger partial charge in [0.15, 0.2) is 0 Å². The maximum atomic E-state index is 12.4. The third-order valence-corrected chi connectivity index (χ3v) is 5.06. The Hall–Kier alpha value is -2.41. The monoisotopic (exact) mass is 384 g/mol. The SMILES string of the molecule is Cn1c(CN2CCOCC2)nc2cc(NC(=O)c3ccc(Cl)cc3)ccc21. The number of carbonyl (C=O) groups excluding carboxylic acids is 1. The van der Waals surface area contributed by atoms with E-state index in [2.05, 4.69) is 14.8 Å². The number of benzene rings is 2. The molecule has 0 unspecified atom stereocenters. The highest BCUT2D eigenvalue weighted by molar-refractivity contribution is 6.30. The lowest BCUT2D eigenvalue weighted by Gasteiger charge is -2.26. The van der Waals surface area contributed by atoms with Gasteiger partial charge >= 0.3 is 0 Å². The molecule has 27 heavy (non-hydrogen) atoms. The summed E-state index contributed by atoms with van der Waals surface area (Å²) in [4.78, 5) is 19.5. The molecule has 1 aromatic heterocycles. The molecule has 140 valence electrons. The van der Waals surface area contributed by atoms with Gasteiger partial charge in [-0.25, -0.2) is 4.98 Å². The third-order valence-electron chi connectivity index (χ3n) is 4.81. The van der Waals surface area contributed by atoms with Crippen molar-refractivity contribution >= 4 is 34.2 Å². The Kier molecular flexibility index (Phi) is 5.11. The second-order valence-electron chi connectivity index (χ2n) is 6.64. The van der Waals surface area contributed by atoms with E-state index in [4.69, 9.17) is 21.3 Å². The molecule has 2 aromatic carbocycles. The van der Waals surface area contributed by atoms with Gasteiger partial charge in [0.05, 0.1) is 30.8 Å². The number of aromatic nitrogens is 2. The number of hydrogen-bond acceptors (Lipinski definition) is 4. The molecule has 1 fully saturated rings. The van der Waals surface area contributed by atoms with E-state index in [-0.39, 0.29) is 5.91 Å². The fourth-order valence-electron chi connectivity index (χ4n) is 3.23. The number of halogens is 1. The first-order valence-corrected chi connectivity index (χ1v) is 9.30. The Morgan fingerprint density at radius 1 is 1.19 bits per heavy atom. The van der Waals surface area contributed by atoms with E-state index < -0.39 is 0 Å². The van der Waals surface area contributed by atoms with Gasteiger partial charge in [-0.05, 0) is 42.5 Å². The van der Waals surface area contributed by atoms with Crippen LogP contribution in [0, 0.1) is 0 Å². The summed E-state index contributed by atoms with van der Waals surface area (Å²) in [6.45, 7) is 4.17. The topological polar surface area (TPSA) is 59.4 Å². The lowest BCUT2D eigenvalue weighted by Crippen LogP contribution is -2.36. The molecule has 0 atom stereocenters. The lowest BCUT2D eigenvalue weighted by molar-refractivity contribution is 0.0328. The maximum Gasteiger partial charge on any atom is 0.255 e. The number of aryl methyl sites for hydroxylation is 1. The number of carbonyl (C=O) groups is 1. The van der Waals surface area contributed by atoms with Crippen LogP contribution < -0.4 is 5.32 Å². The Morgan fingerprint density at radius 3 is 2.67 bits per heavy atom. The summed E-state index contributed by atoms with van der Waals surface area (Å²) in [5.41, 5.74) is 3.20. The molecule has 0 aliphatic carbocycles. The lowest BCUT2D eigenvalue weighted by atomic mass is 10.2. The minimum atomic E-state index is -0.171. The first-order chi connectivity index (χ1) is 13.1. The van der Waals surface area contributed by atoms with Crippen molar-refractivity contribution in [2.75, 3.05) is 31.6 Å². The number of hydrogen-bond donors (Lipinski definition) is 1. The quantitative estimate of drug-likeness (QED) is 0.749. The molecule has 0 radical (unpaired) electrons. The molecule has 4 rings (SSSR count). The highest BCUT2D eigenvalue weighted by Gasteiger charge is 2.15. The van der Waals surface area contributed by atoms with Crippen molar-refractivity contribution < 1.29 is 9.53 Å². The normalized spacial score (nSPS) is 15.2. The van der Waals surface area contributed by atoms with Gasteiger partial charge < -0.3 is 14.6 Å². The number of imidazole rings is 1. The Morgan fingerprint density at radius 2 is 1.93 bits per heavy atom. The second kappa shape index (κ2) is 7.68. The van der Waals surface area contributed by atoms with Crippen molar-refractivity contribution in [1.29, 1.82) is 0 Å². The maximum absolute atomic E-state index is 12.4. The number of ether oxygens (including phenoxy) is 1. The van der Waals surface area contributed by atoms with Crippen LogP contribution in [0.15, 0.2) is 42.5 Å². The molecular weight excluding hydrogens is 364 g/mol. The third kappa shape index (κ3) is 3.98. The van der Waals surface area contributed by atoms with Gasteiger partial charge in [0.25, 0.3) is 5.91 Å². The average Bonchev–Trinajstić information content (AvgIpc) is 2.98. The van der Waals surface area contributed by atoms with Crippen molar-refractivity contribution in [3.8, 4) is 0 Å². The predicted octanol–water partition coefficient (Wildman–Crippen LogP) is 3.31. The summed E-state index contributed by atoms with van der Waals surface area (Å²) in [5, 5.41) is 3.53. The van der Waals surface area contributed by atoms with Crippen molar-refractivity contribution in [3.05, 3.63) is 58.9 Å². The molecule has 2 heterocycles. The smallest absolute Gasteiger partial charge is 0.255 e. The number of amides is 1. The van der Waals surface area contributed by atoms with Gasteiger partial charge in [-0.3, -0.25) is 9.69 Å². The zero-order valence-corrected chi connectivity index (χ0v) is 15.9. The molecule has 0 saturated carbocycles. The first kappa shape index (κ1) is 18.0. The van der Waals surface area contributed by atoms with E-state index in [0.717, 1.165) is 55.4 Å². The molecule has 6 nitrogen and oxygen atoms in total. The van der Waals surface area contributed by atoms with E-state index in [1.54, 1.807) is 24.3 Å². The van der Waals surface area contributed by atoms with Gasteiger partial charge in [-0.2, -0.15) is 0 Å². The minimum absolute atomic E-state index is 0.171. The van der Waals surface area contributed by atoms with E-state index in [0.29, 0.717) is 10.6 Å². The molecule has 1 N–H and O–H groups in total. The van der Waals surface area contributed by atoms with Crippen LogP contribution in [0.3, 0.4) is 0 Å². The number of morpholine rings is 1. The van der Waals surface area contributed by atoms with Gasteiger partial charge in [0.1, 0.15) is 5.82 Å². The van der Waals surface area contributed by atoms with Crippen LogP contribution in [0.1, 0.15) is 16.2 Å². The van der Waals surface area contributed by atoms with Gasteiger partial charge in [0, 0.05) is 36.4 Å². The van der Waals surface area contributed by atoms with Gasteiger partial charge in [0.2, 0.25) is 0 Å². The summed E-state index contributed by atoms with van der Waals surface area (Å²) in [6.07, 6.45) is 0. The Labute approximate surface area is 162 Å². The second-order valence-corrected chi connectivity index (χ2v) is 7.08. The summed E-state index contributed by atoms with van der Waals surface area (Å²) in [5.74, 6) is 0.837. The molecular formula is C20H21ClN4O2. The van der Waals surface area contributed by atoms with E-state index in [9.17, 15) is 4.79 Å². The Balaban J connectivity index is 1.53. The molecule has 7 heteroatoms. The zero-order chi connectivity index (χ0) is 18.8. The van der Waals surface area contributed by atoms with Crippen LogP contribution >= 0.6 is 11.6 Å². The fraction of sp³-hybridized carbons (Fsp3) is 0.300. The summed E-state index contributed by atoms with van der Waals surface area (Å²) < 4.78 is 7.51.